The van der Waals surface area contributed by atoms with Gasteiger partial charge in [-0.25, -0.2) is 9.18 Å². The SMILES string of the molecule is O=C(O)c1cc(OCc2cc(Br)ccc2F)ccc1Cl. The minimum absolute atomic E-state index is 0.00797. The largest absolute Gasteiger partial charge is 0.489 e. The first kappa shape index (κ1) is 14.8. The molecule has 1 N–H and O–H groups in total. The first-order chi connectivity index (χ1) is 9.47. The van der Waals surface area contributed by atoms with Crippen LogP contribution < -0.4 is 4.74 Å². The third-order valence-electron chi connectivity index (χ3n) is 2.57. The number of benzene rings is 2. The summed E-state index contributed by atoms with van der Waals surface area (Å²) < 4.78 is 19.7. The van der Waals surface area contributed by atoms with Crippen molar-refractivity contribution in [2.45, 2.75) is 6.61 Å². The average Bonchev–Trinajstić information content (AvgIpc) is 2.41. The Labute approximate surface area is 128 Å². The van der Waals surface area contributed by atoms with E-state index in [4.69, 9.17) is 21.4 Å². The molecule has 0 spiro atoms. The van der Waals surface area contributed by atoms with Crippen LogP contribution in [0.3, 0.4) is 0 Å². The Morgan fingerprint density at radius 2 is 2.05 bits per heavy atom. The second-order valence-electron chi connectivity index (χ2n) is 3.97. The number of carboxylic acids is 1. The molecule has 0 aliphatic heterocycles. The third-order valence-corrected chi connectivity index (χ3v) is 3.39. The van der Waals surface area contributed by atoms with Crippen LogP contribution in [-0.2, 0) is 6.61 Å². The number of aromatic carboxylic acids is 1. The molecule has 0 unspecified atom stereocenters. The number of carboxylic acid groups (broad SMARTS) is 1. The van der Waals surface area contributed by atoms with E-state index in [0.717, 1.165) is 4.47 Å². The van der Waals surface area contributed by atoms with Crippen LogP contribution in [0.5, 0.6) is 5.75 Å². The maximum atomic E-state index is 13.5. The van der Waals surface area contributed by atoms with Gasteiger partial charge in [-0.3, -0.25) is 0 Å². The van der Waals surface area contributed by atoms with E-state index in [0.29, 0.717) is 11.3 Å². The lowest BCUT2D eigenvalue weighted by Gasteiger charge is -2.09. The summed E-state index contributed by atoms with van der Waals surface area (Å²) in [6.07, 6.45) is 0. The van der Waals surface area contributed by atoms with Gasteiger partial charge in [0.05, 0.1) is 10.6 Å². The molecule has 0 saturated heterocycles. The summed E-state index contributed by atoms with van der Waals surface area (Å²) in [6.45, 7) is -0.00797. The molecule has 6 heteroatoms. The lowest BCUT2D eigenvalue weighted by Crippen LogP contribution is -2.01. The van der Waals surface area contributed by atoms with E-state index in [9.17, 15) is 9.18 Å². The van der Waals surface area contributed by atoms with E-state index < -0.39 is 5.97 Å². The number of carbonyl (C=O) groups is 1. The van der Waals surface area contributed by atoms with Crippen LogP contribution >= 0.6 is 27.5 Å². The van der Waals surface area contributed by atoms with Crippen molar-refractivity contribution < 1.29 is 19.0 Å². The molecule has 3 nitrogen and oxygen atoms in total. The van der Waals surface area contributed by atoms with Crippen molar-refractivity contribution in [3.63, 3.8) is 0 Å². The van der Waals surface area contributed by atoms with Gasteiger partial charge in [-0.1, -0.05) is 27.5 Å². The van der Waals surface area contributed by atoms with Gasteiger partial charge < -0.3 is 9.84 Å². The zero-order valence-electron chi connectivity index (χ0n) is 10.1. The van der Waals surface area contributed by atoms with Crippen LogP contribution in [0.25, 0.3) is 0 Å². The topological polar surface area (TPSA) is 46.5 Å². The fourth-order valence-corrected chi connectivity index (χ4v) is 2.18. The summed E-state index contributed by atoms with van der Waals surface area (Å²) in [6, 6.07) is 8.78. The minimum Gasteiger partial charge on any atom is -0.489 e. The summed E-state index contributed by atoms with van der Waals surface area (Å²) in [5.74, 6) is -1.22. The minimum atomic E-state index is -1.14. The van der Waals surface area contributed by atoms with Crippen LogP contribution in [0.4, 0.5) is 4.39 Å². The van der Waals surface area contributed by atoms with Gasteiger partial charge in [-0.15, -0.1) is 0 Å². The summed E-state index contributed by atoms with van der Waals surface area (Å²) in [7, 11) is 0. The maximum absolute atomic E-state index is 13.5. The first-order valence-electron chi connectivity index (χ1n) is 5.57. The highest BCUT2D eigenvalue weighted by molar-refractivity contribution is 9.10. The van der Waals surface area contributed by atoms with Crippen molar-refractivity contribution in [2.24, 2.45) is 0 Å². The fourth-order valence-electron chi connectivity index (χ4n) is 1.57. The molecule has 0 bridgehead atoms. The van der Waals surface area contributed by atoms with Gasteiger partial charge in [0, 0.05) is 10.0 Å². The van der Waals surface area contributed by atoms with Gasteiger partial charge in [0.2, 0.25) is 0 Å². The highest BCUT2D eigenvalue weighted by atomic mass is 79.9. The Morgan fingerprint density at radius 3 is 2.75 bits per heavy atom. The van der Waals surface area contributed by atoms with Crippen LogP contribution in [0, 0.1) is 5.82 Å². The van der Waals surface area contributed by atoms with Crippen LogP contribution in [0.15, 0.2) is 40.9 Å². The molecule has 0 fully saturated rings. The van der Waals surface area contributed by atoms with Gasteiger partial charge >= 0.3 is 5.97 Å². The van der Waals surface area contributed by atoms with E-state index in [1.807, 2.05) is 0 Å². The number of hydrogen-bond acceptors (Lipinski definition) is 2. The Kier molecular flexibility index (Phi) is 4.62. The smallest absolute Gasteiger partial charge is 0.337 e. The molecule has 2 aromatic rings. The lowest BCUT2D eigenvalue weighted by molar-refractivity contribution is 0.0696. The van der Waals surface area contributed by atoms with Crippen molar-refractivity contribution >= 4 is 33.5 Å². The summed E-state index contributed by atoms with van der Waals surface area (Å²) in [5.41, 5.74) is 0.310. The zero-order valence-corrected chi connectivity index (χ0v) is 12.4. The second kappa shape index (κ2) is 6.24. The number of halogens is 3. The molecular weight excluding hydrogens is 351 g/mol. The maximum Gasteiger partial charge on any atom is 0.337 e. The summed E-state index contributed by atoms with van der Waals surface area (Å²) in [5, 5.41) is 9.07. The quantitative estimate of drug-likeness (QED) is 0.873. The van der Waals surface area contributed by atoms with E-state index >= 15 is 0 Å². The van der Waals surface area contributed by atoms with Crippen molar-refractivity contribution in [2.75, 3.05) is 0 Å². The Bertz CT molecular complexity index is 661. The normalized spacial score (nSPS) is 10.3. The van der Waals surface area contributed by atoms with Gasteiger partial charge in [-0.2, -0.15) is 0 Å². The van der Waals surface area contributed by atoms with Crippen molar-refractivity contribution in [3.05, 3.63) is 62.8 Å². The van der Waals surface area contributed by atoms with Crippen molar-refractivity contribution in [3.8, 4) is 5.75 Å². The molecule has 20 heavy (non-hydrogen) atoms. The molecular formula is C14H9BrClFO3. The third kappa shape index (κ3) is 3.49. The molecule has 0 heterocycles. The first-order valence-corrected chi connectivity index (χ1v) is 6.74. The Hall–Kier alpha value is -1.59. The average molecular weight is 360 g/mol. The number of ether oxygens (including phenoxy) is 1. The molecule has 0 atom stereocenters. The van der Waals surface area contributed by atoms with Gasteiger partial charge in [0.25, 0.3) is 0 Å². The van der Waals surface area contributed by atoms with E-state index in [1.165, 1.54) is 24.3 Å². The molecule has 0 amide bonds. The van der Waals surface area contributed by atoms with E-state index in [1.54, 1.807) is 12.1 Å². The van der Waals surface area contributed by atoms with Gasteiger partial charge in [0.1, 0.15) is 18.2 Å². The van der Waals surface area contributed by atoms with Crippen molar-refractivity contribution in [1.29, 1.82) is 0 Å². The molecule has 2 aromatic carbocycles. The molecule has 0 aliphatic rings. The monoisotopic (exact) mass is 358 g/mol. The van der Waals surface area contributed by atoms with E-state index in [2.05, 4.69) is 15.9 Å². The van der Waals surface area contributed by atoms with Gasteiger partial charge in [-0.05, 0) is 36.4 Å². The zero-order chi connectivity index (χ0) is 14.7. The second-order valence-corrected chi connectivity index (χ2v) is 5.29. The number of rotatable bonds is 4. The molecule has 2 rings (SSSR count). The standard InChI is InChI=1S/C14H9BrClFO3/c15-9-1-4-13(17)8(5-9)7-20-10-2-3-12(16)11(6-10)14(18)19/h1-6H,7H2,(H,18,19). The fraction of sp³-hybridized carbons (Fsp3) is 0.0714. The van der Waals surface area contributed by atoms with Gasteiger partial charge in [0.15, 0.2) is 0 Å². The van der Waals surface area contributed by atoms with Crippen LogP contribution in [0.2, 0.25) is 5.02 Å². The molecule has 0 aromatic heterocycles. The highest BCUT2D eigenvalue weighted by Gasteiger charge is 2.10. The van der Waals surface area contributed by atoms with Crippen molar-refractivity contribution in [1.82, 2.24) is 0 Å². The predicted octanol–water partition coefficient (Wildman–Crippen LogP) is 4.52. The van der Waals surface area contributed by atoms with Crippen LogP contribution in [-0.4, -0.2) is 11.1 Å². The molecule has 0 aliphatic carbocycles. The lowest BCUT2D eigenvalue weighted by atomic mass is 10.2. The Morgan fingerprint density at radius 1 is 1.30 bits per heavy atom. The number of hydrogen-bond donors (Lipinski definition) is 1. The summed E-state index contributed by atoms with van der Waals surface area (Å²) >= 11 is 9.00. The Balaban J connectivity index is 2.17. The molecule has 104 valence electrons. The van der Waals surface area contributed by atoms with Crippen LogP contribution in [0.1, 0.15) is 15.9 Å². The highest BCUT2D eigenvalue weighted by Crippen LogP contribution is 2.24. The summed E-state index contributed by atoms with van der Waals surface area (Å²) in [4.78, 5) is 10.9. The molecule has 0 radical (unpaired) electrons. The van der Waals surface area contributed by atoms with E-state index in [-0.39, 0.29) is 23.0 Å². The predicted molar refractivity (Wildman–Crippen MR) is 76.8 cm³/mol. The molecule has 0 saturated carbocycles.